The van der Waals surface area contributed by atoms with Crippen LogP contribution in [0.1, 0.15) is 35.4 Å². The van der Waals surface area contributed by atoms with E-state index in [-0.39, 0.29) is 18.3 Å². The molecular weight excluding hydrogens is 373 g/mol. The number of amides is 1. The van der Waals surface area contributed by atoms with Crippen LogP contribution < -0.4 is 5.32 Å². The summed E-state index contributed by atoms with van der Waals surface area (Å²) < 4.78 is 1.63. The number of nitrogens with zero attached hydrogens (tertiary/aromatic N) is 4. The summed E-state index contributed by atoms with van der Waals surface area (Å²) in [5, 5.41) is 12.1. The number of halogens is 2. The minimum absolute atomic E-state index is 0. The average molecular weight is 398 g/mol. The predicted octanol–water partition coefficient (Wildman–Crippen LogP) is 3.11. The number of para-hydroxylation sites is 1. The fraction of sp³-hybridized carbons (Fsp3) is 0.500. The van der Waals surface area contributed by atoms with Crippen molar-refractivity contribution in [2.75, 3.05) is 26.7 Å². The Morgan fingerprint density at radius 2 is 2.00 bits per heavy atom. The standard InChI is InChI=1S/C18H24ClN5O.ClH/c1-13-17(21-22-24(13)16-6-4-3-5-15(16)19)18(25)23-11-8-14(9-12-23)7-10-20-2;/h3-6,14,20H,7-12H2,1-2H3;1H. The molecule has 1 amide bonds. The highest BCUT2D eigenvalue weighted by Gasteiger charge is 2.27. The number of hydrogen-bond acceptors (Lipinski definition) is 4. The van der Waals surface area contributed by atoms with Crippen molar-refractivity contribution in [3.8, 4) is 5.69 Å². The van der Waals surface area contributed by atoms with Crippen LogP contribution in [0.15, 0.2) is 24.3 Å². The molecule has 1 saturated heterocycles. The molecule has 1 aromatic carbocycles. The van der Waals surface area contributed by atoms with E-state index in [0.717, 1.165) is 43.9 Å². The van der Waals surface area contributed by atoms with Crippen LogP contribution in [0.5, 0.6) is 0 Å². The van der Waals surface area contributed by atoms with Crippen LogP contribution in [0.3, 0.4) is 0 Å². The Morgan fingerprint density at radius 1 is 1.31 bits per heavy atom. The van der Waals surface area contributed by atoms with Crippen LogP contribution in [-0.4, -0.2) is 52.5 Å². The van der Waals surface area contributed by atoms with Crippen molar-refractivity contribution in [1.82, 2.24) is 25.2 Å². The van der Waals surface area contributed by atoms with Gasteiger partial charge in [-0.15, -0.1) is 17.5 Å². The summed E-state index contributed by atoms with van der Waals surface area (Å²) in [5.74, 6) is 0.652. The summed E-state index contributed by atoms with van der Waals surface area (Å²) in [5.41, 5.74) is 1.86. The Kier molecular flexibility index (Phi) is 7.43. The third-order valence-corrected chi connectivity index (χ3v) is 5.20. The Balaban J connectivity index is 0.00000243. The lowest BCUT2D eigenvalue weighted by Gasteiger charge is -2.31. The van der Waals surface area contributed by atoms with Crippen molar-refractivity contribution in [2.45, 2.75) is 26.2 Å². The molecule has 0 bridgehead atoms. The van der Waals surface area contributed by atoms with Gasteiger partial charge in [0.25, 0.3) is 5.91 Å². The normalized spacial score (nSPS) is 15.0. The van der Waals surface area contributed by atoms with Gasteiger partial charge in [-0.1, -0.05) is 28.9 Å². The Hall–Kier alpha value is -1.63. The molecule has 0 spiro atoms. The van der Waals surface area contributed by atoms with Crippen molar-refractivity contribution in [2.24, 2.45) is 5.92 Å². The Morgan fingerprint density at radius 3 is 2.65 bits per heavy atom. The number of nitrogens with one attached hydrogen (secondary N) is 1. The second kappa shape index (κ2) is 9.35. The van der Waals surface area contributed by atoms with Crippen molar-refractivity contribution >= 4 is 29.9 Å². The van der Waals surface area contributed by atoms with Gasteiger partial charge in [0.1, 0.15) is 0 Å². The smallest absolute Gasteiger partial charge is 0.276 e. The molecule has 0 unspecified atom stereocenters. The van der Waals surface area contributed by atoms with E-state index in [1.54, 1.807) is 10.7 Å². The summed E-state index contributed by atoms with van der Waals surface area (Å²) in [6.45, 7) is 4.46. The highest BCUT2D eigenvalue weighted by molar-refractivity contribution is 6.32. The second-order valence-corrected chi connectivity index (χ2v) is 6.92. The number of aromatic nitrogens is 3. The number of hydrogen-bond donors (Lipinski definition) is 1. The maximum atomic E-state index is 12.8. The predicted molar refractivity (Wildman–Crippen MR) is 106 cm³/mol. The van der Waals surface area contributed by atoms with Gasteiger partial charge in [0.2, 0.25) is 0 Å². The largest absolute Gasteiger partial charge is 0.337 e. The van der Waals surface area contributed by atoms with Crippen molar-refractivity contribution in [3.63, 3.8) is 0 Å². The minimum atomic E-state index is -0.0390. The van der Waals surface area contributed by atoms with Gasteiger partial charge in [-0.25, -0.2) is 4.68 Å². The maximum Gasteiger partial charge on any atom is 0.276 e. The number of rotatable bonds is 5. The van der Waals surface area contributed by atoms with Crippen LogP contribution in [0.25, 0.3) is 5.69 Å². The third-order valence-electron chi connectivity index (χ3n) is 4.88. The topological polar surface area (TPSA) is 63.1 Å². The summed E-state index contributed by atoms with van der Waals surface area (Å²) in [6.07, 6.45) is 3.26. The Labute approximate surface area is 165 Å². The molecule has 0 radical (unpaired) electrons. The molecule has 3 rings (SSSR count). The zero-order chi connectivity index (χ0) is 17.8. The van der Waals surface area contributed by atoms with Gasteiger partial charge in [-0.2, -0.15) is 0 Å². The van der Waals surface area contributed by atoms with E-state index in [1.165, 1.54) is 6.42 Å². The summed E-state index contributed by atoms with van der Waals surface area (Å²) in [6, 6.07) is 7.42. The zero-order valence-corrected chi connectivity index (χ0v) is 16.7. The minimum Gasteiger partial charge on any atom is -0.337 e. The number of piperidine rings is 1. The highest BCUT2D eigenvalue weighted by atomic mass is 35.5. The SMILES string of the molecule is CNCCC1CCN(C(=O)c2nnn(-c3ccccc3Cl)c2C)CC1.Cl. The summed E-state index contributed by atoms with van der Waals surface area (Å²) >= 11 is 6.24. The number of carbonyl (C=O) groups is 1. The quantitative estimate of drug-likeness (QED) is 0.841. The van der Waals surface area contributed by atoms with Crippen LogP contribution in [0, 0.1) is 12.8 Å². The lowest BCUT2D eigenvalue weighted by Crippen LogP contribution is -2.39. The summed E-state index contributed by atoms with van der Waals surface area (Å²) in [4.78, 5) is 14.7. The van der Waals surface area contributed by atoms with Crippen molar-refractivity contribution in [3.05, 3.63) is 40.7 Å². The number of likely N-dealkylation sites (tertiary alicyclic amines) is 1. The van der Waals surface area contributed by atoms with Gasteiger partial charge in [0, 0.05) is 13.1 Å². The third kappa shape index (κ3) is 4.37. The zero-order valence-electron chi connectivity index (χ0n) is 15.1. The van der Waals surface area contributed by atoms with E-state index in [1.807, 2.05) is 37.1 Å². The molecule has 0 atom stereocenters. The van der Waals surface area contributed by atoms with Gasteiger partial charge in [0.05, 0.1) is 16.4 Å². The number of benzene rings is 1. The molecule has 1 aliphatic heterocycles. The van der Waals surface area contributed by atoms with Crippen molar-refractivity contribution < 1.29 is 4.79 Å². The molecule has 1 fully saturated rings. The van der Waals surface area contributed by atoms with Crippen molar-refractivity contribution in [1.29, 1.82) is 0 Å². The van der Waals surface area contributed by atoms with E-state index in [0.29, 0.717) is 16.6 Å². The van der Waals surface area contributed by atoms with E-state index in [2.05, 4.69) is 15.6 Å². The molecule has 1 aliphatic rings. The monoisotopic (exact) mass is 397 g/mol. The molecular formula is C18H25Cl2N5O. The molecule has 0 saturated carbocycles. The van der Waals surface area contributed by atoms with Gasteiger partial charge >= 0.3 is 0 Å². The lowest BCUT2D eigenvalue weighted by molar-refractivity contribution is 0.0680. The molecule has 1 N–H and O–H groups in total. The van der Waals surface area contributed by atoms with Crippen LogP contribution in [0.4, 0.5) is 0 Å². The van der Waals surface area contributed by atoms with Crippen LogP contribution in [-0.2, 0) is 0 Å². The fourth-order valence-electron chi connectivity index (χ4n) is 3.30. The lowest BCUT2D eigenvalue weighted by atomic mass is 9.93. The molecule has 0 aliphatic carbocycles. The number of carbonyl (C=O) groups excluding carboxylic acids is 1. The van der Waals surface area contributed by atoms with E-state index >= 15 is 0 Å². The molecule has 8 heteroatoms. The molecule has 2 aromatic rings. The average Bonchev–Trinajstić information content (AvgIpc) is 3.01. The maximum absolute atomic E-state index is 12.8. The molecule has 6 nitrogen and oxygen atoms in total. The van der Waals surface area contributed by atoms with E-state index in [9.17, 15) is 4.79 Å². The molecule has 1 aromatic heterocycles. The molecule has 2 heterocycles. The van der Waals surface area contributed by atoms with Crippen LogP contribution >= 0.6 is 24.0 Å². The van der Waals surface area contributed by atoms with Gasteiger partial charge < -0.3 is 10.2 Å². The molecule has 26 heavy (non-hydrogen) atoms. The van der Waals surface area contributed by atoms with Gasteiger partial charge in [0.15, 0.2) is 5.69 Å². The van der Waals surface area contributed by atoms with Gasteiger partial charge in [-0.3, -0.25) is 4.79 Å². The first kappa shape index (κ1) is 20.7. The van der Waals surface area contributed by atoms with E-state index in [4.69, 9.17) is 11.6 Å². The second-order valence-electron chi connectivity index (χ2n) is 6.51. The first-order valence-electron chi connectivity index (χ1n) is 8.73. The summed E-state index contributed by atoms with van der Waals surface area (Å²) in [7, 11) is 1.98. The Bertz CT molecular complexity index is 741. The first-order chi connectivity index (χ1) is 12.1. The van der Waals surface area contributed by atoms with E-state index < -0.39 is 0 Å². The first-order valence-corrected chi connectivity index (χ1v) is 9.10. The van der Waals surface area contributed by atoms with Gasteiger partial charge in [-0.05, 0) is 57.8 Å². The van der Waals surface area contributed by atoms with Crippen LogP contribution in [0.2, 0.25) is 5.02 Å². The highest BCUT2D eigenvalue weighted by Crippen LogP contribution is 2.24. The molecule has 142 valence electrons. The fourth-order valence-corrected chi connectivity index (χ4v) is 3.52.